The fourth-order valence-corrected chi connectivity index (χ4v) is 4.01. The van der Waals surface area contributed by atoms with Crippen molar-refractivity contribution in [2.45, 2.75) is 33.5 Å². The maximum absolute atomic E-state index is 12.7. The molecule has 0 radical (unpaired) electrons. The number of benzene rings is 1. The molecule has 0 spiro atoms. The minimum atomic E-state index is -1.28. The highest BCUT2D eigenvalue weighted by Crippen LogP contribution is 2.16. The summed E-state index contributed by atoms with van der Waals surface area (Å²) in [5.74, 6) is -0.709. The predicted molar refractivity (Wildman–Crippen MR) is 134 cm³/mol. The summed E-state index contributed by atoms with van der Waals surface area (Å²) >= 11 is 0. The Hall–Kier alpha value is -5.27. The number of hydrogen-bond donors (Lipinski definition) is 3. The minimum absolute atomic E-state index is 0.0716. The quantitative estimate of drug-likeness (QED) is 0.267. The van der Waals surface area contributed by atoms with Gasteiger partial charge in [0, 0.05) is 18.7 Å². The molecule has 0 fully saturated rings. The third kappa shape index (κ3) is 4.50. The molecular formula is C24H22N8O6. The number of aromatic nitrogens is 8. The fraction of sp³-hybridized carbons (Fsp3) is 0.208. The normalized spacial score (nSPS) is 11.2. The van der Waals surface area contributed by atoms with Crippen molar-refractivity contribution in [2.75, 3.05) is 0 Å². The van der Waals surface area contributed by atoms with E-state index in [1.165, 1.54) is 16.7 Å². The molecule has 14 heteroatoms. The van der Waals surface area contributed by atoms with Crippen LogP contribution in [-0.2, 0) is 19.7 Å². The lowest BCUT2D eigenvalue weighted by atomic mass is 10.1. The number of aromatic amines is 2. The van der Waals surface area contributed by atoms with E-state index in [4.69, 9.17) is 9.84 Å². The summed E-state index contributed by atoms with van der Waals surface area (Å²) in [6, 6.07) is 11.5. The average Bonchev–Trinajstić information content (AvgIpc) is 3.47. The first kappa shape index (κ1) is 24.4. The third-order valence-electron chi connectivity index (χ3n) is 5.90. The molecule has 0 saturated carbocycles. The van der Waals surface area contributed by atoms with Crippen LogP contribution in [0.3, 0.4) is 0 Å². The standard InChI is InChI=1S/C24H22N8O6/c1-3-30-17(12-38-18-9-8-16(27-28-18)32-19(33)10-15(29-32)23(35)36)25-21-20(30)22(34)26-24(37)31(21)11-14-6-4-13(2)5-7-14/h4-10,29H,3,11-12H2,1-2H3,(H,35,36)(H,26,34,37). The number of fused-ring (bicyclic) bond motifs is 1. The fourth-order valence-electron chi connectivity index (χ4n) is 4.01. The highest BCUT2D eigenvalue weighted by Gasteiger charge is 2.19. The molecule has 5 rings (SSSR count). The number of aryl methyl sites for hydroxylation is 2. The van der Waals surface area contributed by atoms with Crippen molar-refractivity contribution < 1.29 is 14.6 Å². The molecule has 0 aliphatic heterocycles. The number of carbonyl (C=O) groups is 1. The second kappa shape index (κ2) is 9.65. The van der Waals surface area contributed by atoms with Crippen LogP contribution in [0, 0.1) is 6.92 Å². The Bertz CT molecular complexity index is 1820. The van der Waals surface area contributed by atoms with Crippen molar-refractivity contribution >= 4 is 17.1 Å². The summed E-state index contributed by atoms with van der Waals surface area (Å²) in [5.41, 5.74) is 0.442. The molecule has 5 aromatic rings. The van der Waals surface area contributed by atoms with Gasteiger partial charge in [-0.15, -0.1) is 10.2 Å². The van der Waals surface area contributed by atoms with Crippen molar-refractivity contribution in [3.05, 3.63) is 96.3 Å². The van der Waals surface area contributed by atoms with Gasteiger partial charge in [-0.05, 0) is 25.5 Å². The van der Waals surface area contributed by atoms with E-state index < -0.39 is 22.8 Å². The SMILES string of the molecule is CCn1c(COc2ccc(-n3[nH]c(C(=O)O)cc3=O)nn2)nc2c1c(=O)[nH]c(=O)n2Cc1ccc(C)cc1. The summed E-state index contributed by atoms with van der Waals surface area (Å²) in [6.07, 6.45) is 0. The summed E-state index contributed by atoms with van der Waals surface area (Å²) < 4.78 is 9.73. The molecule has 0 aliphatic carbocycles. The number of hydrogen-bond acceptors (Lipinski definition) is 8. The second-order valence-corrected chi connectivity index (χ2v) is 8.44. The number of carboxylic acids is 1. The molecule has 0 saturated heterocycles. The minimum Gasteiger partial charge on any atom is -0.477 e. The van der Waals surface area contributed by atoms with Gasteiger partial charge in [0.1, 0.15) is 18.1 Å². The Balaban J connectivity index is 1.43. The summed E-state index contributed by atoms with van der Waals surface area (Å²) in [7, 11) is 0. The molecule has 194 valence electrons. The average molecular weight is 518 g/mol. The van der Waals surface area contributed by atoms with Crippen LogP contribution in [0.2, 0.25) is 0 Å². The third-order valence-corrected chi connectivity index (χ3v) is 5.90. The number of aromatic carboxylic acids is 1. The molecule has 0 amide bonds. The van der Waals surface area contributed by atoms with Gasteiger partial charge in [0.05, 0.1) is 6.54 Å². The zero-order chi connectivity index (χ0) is 27.0. The first-order valence-electron chi connectivity index (χ1n) is 11.5. The van der Waals surface area contributed by atoms with E-state index in [1.807, 2.05) is 38.1 Å². The Morgan fingerprint density at radius 2 is 1.82 bits per heavy atom. The molecule has 14 nitrogen and oxygen atoms in total. The van der Waals surface area contributed by atoms with Crippen molar-refractivity contribution in [3.8, 4) is 11.7 Å². The molecule has 0 bridgehead atoms. The molecule has 0 aliphatic rings. The summed E-state index contributed by atoms with van der Waals surface area (Å²) in [6.45, 7) is 4.35. The van der Waals surface area contributed by atoms with E-state index in [0.29, 0.717) is 12.4 Å². The molecule has 3 N–H and O–H groups in total. The van der Waals surface area contributed by atoms with Crippen molar-refractivity contribution in [1.29, 1.82) is 0 Å². The van der Waals surface area contributed by atoms with E-state index in [0.717, 1.165) is 21.9 Å². The smallest absolute Gasteiger partial charge is 0.353 e. The topological polar surface area (TPSA) is 183 Å². The van der Waals surface area contributed by atoms with Crippen molar-refractivity contribution in [2.24, 2.45) is 0 Å². The highest BCUT2D eigenvalue weighted by molar-refractivity contribution is 5.85. The van der Waals surface area contributed by atoms with E-state index in [1.54, 1.807) is 4.57 Å². The van der Waals surface area contributed by atoms with Crippen LogP contribution in [0.1, 0.15) is 34.4 Å². The van der Waals surface area contributed by atoms with Gasteiger partial charge in [-0.1, -0.05) is 29.8 Å². The van der Waals surface area contributed by atoms with Gasteiger partial charge in [0.25, 0.3) is 11.1 Å². The van der Waals surface area contributed by atoms with E-state index in [2.05, 4.69) is 25.3 Å². The van der Waals surface area contributed by atoms with Crippen LogP contribution < -0.4 is 21.5 Å². The van der Waals surface area contributed by atoms with E-state index in [-0.39, 0.29) is 41.7 Å². The molecule has 1 aromatic carbocycles. The number of H-pyrrole nitrogens is 2. The zero-order valence-corrected chi connectivity index (χ0v) is 20.3. The van der Waals surface area contributed by atoms with Crippen LogP contribution in [0.25, 0.3) is 17.0 Å². The Kier molecular flexibility index (Phi) is 6.20. The number of nitrogens with one attached hydrogen (secondary N) is 2. The maximum atomic E-state index is 12.7. The van der Waals surface area contributed by atoms with Gasteiger partial charge in [-0.2, -0.15) is 4.68 Å². The molecule has 4 heterocycles. The molecule has 0 unspecified atom stereocenters. The largest absolute Gasteiger partial charge is 0.477 e. The predicted octanol–water partition coefficient (Wildman–Crippen LogP) is 0.809. The lowest BCUT2D eigenvalue weighted by Crippen LogP contribution is -2.31. The number of nitrogens with zero attached hydrogens (tertiary/aromatic N) is 6. The van der Waals surface area contributed by atoms with Gasteiger partial charge in [0.15, 0.2) is 17.0 Å². The summed E-state index contributed by atoms with van der Waals surface area (Å²) in [5, 5.41) is 19.3. The first-order chi connectivity index (χ1) is 18.2. The number of carboxylic acid groups (broad SMARTS) is 1. The lowest BCUT2D eigenvalue weighted by molar-refractivity contribution is 0.0690. The number of imidazole rings is 1. The van der Waals surface area contributed by atoms with Crippen LogP contribution in [0.4, 0.5) is 0 Å². The highest BCUT2D eigenvalue weighted by atomic mass is 16.5. The van der Waals surface area contributed by atoms with Crippen LogP contribution in [0.5, 0.6) is 5.88 Å². The number of rotatable bonds is 8. The number of ether oxygens (including phenoxy) is 1. The summed E-state index contributed by atoms with van der Waals surface area (Å²) in [4.78, 5) is 55.4. The Labute approximate surface area is 212 Å². The monoisotopic (exact) mass is 518 g/mol. The zero-order valence-electron chi connectivity index (χ0n) is 20.3. The van der Waals surface area contributed by atoms with Gasteiger partial charge < -0.3 is 14.4 Å². The van der Waals surface area contributed by atoms with Crippen LogP contribution in [0.15, 0.2) is 56.8 Å². The second-order valence-electron chi connectivity index (χ2n) is 8.44. The lowest BCUT2D eigenvalue weighted by Gasteiger charge is -2.08. The van der Waals surface area contributed by atoms with Crippen LogP contribution >= 0.6 is 0 Å². The van der Waals surface area contributed by atoms with E-state index >= 15 is 0 Å². The van der Waals surface area contributed by atoms with Gasteiger partial charge in [-0.25, -0.2) is 14.6 Å². The van der Waals surface area contributed by atoms with Crippen molar-refractivity contribution in [1.82, 2.24) is 39.1 Å². The maximum Gasteiger partial charge on any atom is 0.353 e. The van der Waals surface area contributed by atoms with E-state index in [9.17, 15) is 19.2 Å². The molecule has 4 aromatic heterocycles. The molecule has 38 heavy (non-hydrogen) atoms. The van der Waals surface area contributed by atoms with Crippen LogP contribution in [-0.4, -0.2) is 50.2 Å². The Morgan fingerprint density at radius 1 is 1.05 bits per heavy atom. The van der Waals surface area contributed by atoms with Crippen molar-refractivity contribution in [3.63, 3.8) is 0 Å². The van der Waals surface area contributed by atoms with Gasteiger partial charge in [-0.3, -0.25) is 24.2 Å². The first-order valence-corrected chi connectivity index (χ1v) is 11.5. The Morgan fingerprint density at radius 3 is 2.45 bits per heavy atom. The van der Waals surface area contributed by atoms with Gasteiger partial charge in [0.2, 0.25) is 5.88 Å². The van der Waals surface area contributed by atoms with Gasteiger partial charge >= 0.3 is 11.7 Å². The molecular weight excluding hydrogens is 496 g/mol. The molecule has 0 atom stereocenters.